The Kier molecular flexibility index (Phi) is 9.18. The normalized spacial score (nSPS) is 11.0. The van der Waals surface area contributed by atoms with E-state index in [1.807, 2.05) is 19.1 Å². The van der Waals surface area contributed by atoms with Crippen molar-refractivity contribution in [3.8, 4) is 28.0 Å². The van der Waals surface area contributed by atoms with E-state index < -0.39 is 34.8 Å². The Labute approximate surface area is 226 Å². The minimum atomic E-state index is -1.30. The zero-order valence-corrected chi connectivity index (χ0v) is 22.0. The molecule has 0 radical (unpaired) electrons. The molecule has 0 spiro atoms. The predicted molar refractivity (Wildman–Crippen MR) is 146 cm³/mol. The molecular formula is C33H30F4O2. The third-order valence-corrected chi connectivity index (χ3v) is 6.69. The Bertz CT molecular complexity index is 1440. The van der Waals surface area contributed by atoms with Gasteiger partial charge in [-0.2, -0.15) is 0 Å². The van der Waals surface area contributed by atoms with Gasteiger partial charge in [-0.1, -0.05) is 87.7 Å². The van der Waals surface area contributed by atoms with Gasteiger partial charge in [0, 0.05) is 11.1 Å². The lowest BCUT2D eigenvalue weighted by molar-refractivity contribution is 0.0728. The van der Waals surface area contributed by atoms with Crippen LogP contribution in [0.1, 0.15) is 61.0 Å². The lowest BCUT2D eigenvalue weighted by Gasteiger charge is -2.11. The van der Waals surface area contributed by atoms with Gasteiger partial charge in [-0.15, -0.1) is 0 Å². The summed E-state index contributed by atoms with van der Waals surface area (Å²) in [4.78, 5) is 12.6. The first-order chi connectivity index (χ1) is 18.8. The monoisotopic (exact) mass is 534 g/mol. The van der Waals surface area contributed by atoms with E-state index in [-0.39, 0.29) is 16.9 Å². The fourth-order valence-electron chi connectivity index (χ4n) is 4.51. The third-order valence-electron chi connectivity index (χ3n) is 6.69. The Hall–Kier alpha value is -3.93. The van der Waals surface area contributed by atoms with Gasteiger partial charge in [0.05, 0.1) is 5.56 Å². The number of benzene rings is 4. The topological polar surface area (TPSA) is 26.3 Å². The second kappa shape index (κ2) is 12.7. The van der Waals surface area contributed by atoms with Crippen LogP contribution in [0.15, 0.2) is 72.8 Å². The van der Waals surface area contributed by atoms with Crippen LogP contribution in [0, 0.1) is 23.3 Å². The van der Waals surface area contributed by atoms with Crippen molar-refractivity contribution in [3.63, 3.8) is 0 Å². The molecule has 0 saturated heterocycles. The van der Waals surface area contributed by atoms with Crippen molar-refractivity contribution in [1.82, 2.24) is 0 Å². The SMILES string of the molecule is CCCCCc1ccc(-c2ccc(OC(=O)c3ccc(-c4ccc(CCC)cc4)c(F)c3F)cc2)c(F)c1F. The summed E-state index contributed by atoms with van der Waals surface area (Å²) in [7, 11) is 0. The van der Waals surface area contributed by atoms with Crippen molar-refractivity contribution in [2.75, 3.05) is 0 Å². The van der Waals surface area contributed by atoms with Crippen molar-refractivity contribution in [2.45, 2.75) is 52.4 Å². The smallest absolute Gasteiger partial charge is 0.346 e. The van der Waals surface area contributed by atoms with Crippen molar-refractivity contribution >= 4 is 5.97 Å². The highest BCUT2D eigenvalue weighted by Crippen LogP contribution is 2.30. The number of esters is 1. The van der Waals surface area contributed by atoms with E-state index in [1.165, 1.54) is 42.5 Å². The molecule has 0 aromatic heterocycles. The Morgan fingerprint density at radius 2 is 1.21 bits per heavy atom. The summed E-state index contributed by atoms with van der Waals surface area (Å²) >= 11 is 0. The highest BCUT2D eigenvalue weighted by molar-refractivity contribution is 5.92. The van der Waals surface area contributed by atoms with Crippen LogP contribution >= 0.6 is 0 Å². The highest BCUT2D eigenvalue weighted by Gasteiger charge is 2.21. The average molecular weight is 535 g/mol. The van der Waals surface area contributed by atoms with E-state index in [4.69, 9.17) is 4.74 Å². The molecule has 0 unspecified atom stereocenters. The van der Waals surface area contributed by atoms with Gasteiger partial charge < -0.3 is 4.74 Å². The Balaban J connectivity index is 1.48. The molecule has 0 fully saturated rings. The number of carbonyl (C=O) groups excluding carboxylic acids is 1. The molecule has 6 heteroatoms. The molecule has 0 amide bonds. The maximum atomic E-state index is 14.9. The average Bonchev–Trinajstić information content (AvgIpc) is 2.94. The van der Waals surface area contributed by atoms with E-state index in [0.717, 1.165) is 37.7 Å². The lowest BCUT2D eigenvalue weighted by atomic mass is 9.99. The number of halogens is 4. The van der Waals surface area contributed by atoms with Gasteiger partial charge in [0.1, 0.15) is 5.75 Å². The summed E-state index contributed by atoms with van der Waals surface area (Å²) in [6, 6.07) is 18.5. The van der Waals surface area contributed by atoms with Crippen molar-refractivity contribution in [1.29, 1.82) is 0 Å². The largest absolute Gasteiger partial charge is 0.423 e. The highest BCUT2D eigenvalue weighted by atomic mass is 19.2. The van der Waals surface area contributed by atoms with Crippen LogP contribution in [0.25, 0.3) is 22.3 Å². The van der Waals surface area contributed by atoms with Gasteiger partial charge in [-0.25, -0.2) is 22.4 Å². The first kappa shape index (κ1) is 28.1. The maximum Gasteiger partial charge on any atom is 0.346 e. The summed E-state index contributed by atoms with van der Waals surface area (Å²) in [5.41, 5.74) is 1.90. The van der Waals surface area contributed by atoms with Crippen molar-refractivity contribution in [3.05, 3.63) is 113 Å². The van der Waals surface area contributed by atoms with E-state index in [9.17, 15) is 22.4 Å². The minimum absolute atomic E-state index is 0.0436. The van der Waals surface area contributed by atoms with Gasteiger partial charge in [-0.05, 0) is 59.7 Å². The van der Waals surface area contributed by atoms with Crippen LogP contribution in [0.4, 0.5) is 17.6 Å². The van der Waals surface area contributed by atoms with E-state index in [0.29, 0.717) is 23.1 Å². The molecule has 0 atom stereocenters. The summed E-state index contributed by atoms with van der Waals surface area (Å²) in [5, 5.41) is 0. The molecule has 0 aliphatic heterocycles. The zero-order chi connectivity index (χ0) is 27.9. The first-order valence-corrected chi connectivity index (χ1v) is 13.2. The van der Waals surface area contributed by atoms with Gasteiger partial charge in [0.25, 0.3) is 0 Å². The van der Waals surface area contributed by atoms with E-state index in [1.54, 1.807) is 18.2 Å². The second-order valence-electron chi connectivity index (χ2n) is 9.51. The third kappa shape index (κ3) is 6.39. The number of unbranched alkanes of at least 4 members (excludes halogenated alkanes) is 2. The molecule has 39 heavy (non-hydrogen) atoms. The van der Waals surface area contributed by atoms with E-state index >= 15 is 0 Å². The van der Waals surface area contributed by atoms with Gasteiger partial charge in [0.15, 0.2) is 23.3 Å². The number of aryl methyl sites for hydroxylation is 2. The number of hydrogen-bond donors (Lipinski definition) is 0. The number of hydrogen-bond acceptors (Lipinski definition) is 2. The van der Waals surface area contributed by atoms with Crippen LogP contribution in [0.2, 0.25) is 0 Å². The Morgan fingerprint density at radius 3 is 1.82 bits per heavy atom. The second-order valence-corrected chi connectivity index (χ2v) is 9.51. The molecule has 0 bridgehead atoms. The van der Waals surface area contributed by atoms with E-state index in [2.05, 4.69) is 6.92 Å². The summed E-state index contributed by atoms with van der Waals surface area (Å²) in [6.45, 7) is 4.10. The van der Waals surface area contributed by atoms with Gasteiger partial charge in [0.2, 0.25) is 0 Å². The minimum Gasteiger partial charge on any atom is -0.423 e. The Morgan fingerprint density at radius 1 is 0.615 bits per heavy atom. The summed E-state index contributed by atoms with van der Waals surface area (Å²) in [5.74, 6) is -5.26. The summed E-state index contributed by atoms with van der Waals surface area (Å²) < 4.78 is 64.3. The van der Waals surface area contributed by atoms with Crippen LogP contribution in [-0.2, 0) is 12.8 Å². The molecule has 0 aliphatic carbocycles. The molecular weight excluding hydrogens is 504 g/mol. The van der Waals surface area contributed by atoms with Crippen LogP contribution in [0.3, 0.4) is 0 Å². The summed E-state index contributed by atoms with van der Waals surface area (Å²) in [6.07, 6.45) is 5.04. The fourth-order valence-corrected chi connectivity index (χ4v) is 4.51. The van der Waals surface area contributed by atoms with Gasteiger partial charge in [-0.3, -0.25) is 0 Å². The molecule has 4 aromatic carbocycles. The molecule has 4 rings (SSSR count). The molecule has 4 aromatic rings. The zero-order valence-electron chi connectivity index (χ0n) is 22.0. The maximum absolute atomic E-state index is 14.9. The molecule has 0 N–H and O–H groups in total. The molecule has 2 nitrogen and oxygen atoms in total. The van der Waals surface area contributed by atoms with Crippen molar-refractivity contribution in [2.24, 2.45) is 0 Å². The first-order valence-electron chi connectivity index (χ1n) is 13.2. The predicted octanol–water partition coefficient (Wildman–Crippen LogP) is 9.48. The van der Waals surface area contributed by atoms with Crippen LogP contribution < -0.4 is 4.74 Å². The molecule has 0 aliphatic rings. The number of rotatable bonds is 10. The standard InChI is InChI=1S/C33H30F4O2/c1-3-5-6-8-24-15-18-26(30(35)29(24)34)23-13-16-25(17-14-23)39-33(38)28-20-19-27(31(36)32(28)37)22-11-9-21(7-4-2)10-12-22/h9-20H,3-8H2,1-2H3. The number of ether oxygens (including phenoxy) is 1. The van der Waals surface area contributed by atoms with Crippen molar-refractivity contribution < 1.29 is 27.1 Å². The fraction of sp³-hybridized carbons (Fsp3) is 0.242. The quantitative estimate of drug-likeness (QED) is 0.0877. The molecule has 0 heterocycles. The molecule has 202 valence electrons. The lowest BCUT2D eigenvalue weighted by Crippen LogP contribution is -2.12. The van der Waals surface area contributed by atoms with Crippen LogP contribution in [0.5, 0.6) is 5.75 Å². The van der Waals surface area contributed by atoms with Gasteiger partial charge >= 0.3 is 5.97 Å². The number of carbonyl (C=O) groups is 1. The molecule has 0 saturated carbocycles. The van der Waals surface area contributed by atoms with Crippen LogP contribution in [-0.4, -0.2) is 5.97 Å².